The molecule has 6 nitrogen and oxygen atoms in total. The molecule has 1 aromatic carbocycles. The second-order valence-corrected chi connectivity index (χ2v) is 6.50. The summed E-state index contributed by atoms with van der Waals surface area (Å²) in [4.78, 5) is 29.6. The van der Waals surface area contributed by atoms with E-state index in [1.165, 1.54) is 21.9 Å². The summed E-state index contributed by atoms with van der Waals surface area (Å²) in [6.07, 6.45) is 1.25. The number of aliphatic hydroxyl groups excluding tert-OH is 1. The van der Waals surface area contributed by atoms with Gasteiger partial charge in [-0.3, -0.25) is 14.0 Å². The zero-order chi connectivity index (χ0) is 17.3. The summed E-state index contributed by atoms with van der Waals surface area (Å²) >= 11 is 7.51. The van der Waals surface area contributed by atoms with Gasteiger partial charge in [-0.15, -0.1) is 11.3 Å². The van der Waals surface area contributed by atoms with Crippen molar-refractivity contribution in [1.82, 2.24) is 14.7 Å². The average Bonchev–Trinajstić information content (AvgIpc) is 3.00. The summed E-state index contributed by atoms with van der Waals surface area (Å²) < 4.78 is 1.38. The number of thiazole rings is 1. The predicted octanol–water partition coefficient (Wildman–Crippen LogP) is 2.19. The topological polar surface area (TPSA) is 83.7 Å². The molecule has 2 heterocycles. The Balaban J connectivity index is 2.15. The Bertz CT molecular complexity index is 967. The molecular weight excluding hydrogens is 350 g/mol. The molecule has 0 aliphatic heterocycles. The van der Waals surface area contributed by atoms with Crippen LogP contribution in [0.3, 0.4) is 0 Å². The minimum absolute atomic E-state index is 0.0838. The van der Waals surface area contributed by atoms with E-state index in [1.807, 2.05) is 6.07 Å². The van der Waals surface area contributed by atoms with Crippen molar-refractivity contribution in [3.05, 3.63) is 56.8 Å². The highest BCUT2D eigenvalue weighted by Crippen LogP contribution is 2.29. The van der Waals surface area contributed by atoms with Crippen molar-refractivity contribution < 1.29 is 9.90 Å². The number of hydrogen-bond donors (Lipinski definition) is 2. The van der Waals surface area contributed by atoms with Gasteiger partial charge in [0.25, 0.3) is 11.5 Å². The molecule has 8 heteroatoms. The molecule has 2 N–H and O–H groups in total. The van der Waals surface area contributed by atoms with E-state index in [0.29, 0.717) is 21.2 Å². The van der Waals surface area contributed by atoms with E-state index in [4.69, 9.17) is 16.7 Å². The molecule has 0 aliphatic carbocycles. The molecule has 3 rings (SSSR count). The number of fused-ring (bicyclic) bond motifs is 1. The third-order valence-electron chi connectivity index (χ3n) is 3.49. The van der Waals surface area contributed by atoms with Gasteiger partial charge >= 0.3 is 0 Å². The zero-order valence-corrected chi connectivity index (χ0v) is 14.3. The summed E-state index contributed by atoms with van der Waals surface area (Å²) in [7, 11) is 0. The van der Waals surface area contributed by atoms with Gasteiger partial charge < -0.3 is 10.4 Å². The average molecular weight is 364 g/mol. The van der Waals surface area contributed by atoms with E-state index < -0.39 is 17.5 Å². The number of aromatic nitrogens is 2. The van der Waals surface area contributed by atoms with Gasteiger partial charge in [0.15, 0.2) is 4.96 Å². The molecule has 1 unspecified atom stereocenters. The van der Waals surface area contributed by atoms with Crippen molar-refractivity contribution >= 4 is 33.8 Å². The van der Waals surface area contributed by atoms with E-state index in [0.717, 1.165) is 0 Å². The summed E-state index contributed by atoms with van der Waals surface area (Å²) in [5, 5.41) is 13.9. The molecular formula is C16H14ClN3O3S. The molecule has 1 amide bonds. The largest absolute Gasteiger partial charge is 0.394 e. The highest BCUT2D eigenvalue weighted by Gasteiger charge is 2.18. The van der Waals surface area contributed by atoms with E-state index >= 15 is 0 Å². The minimum atomic E-state index is -0.570. The lowest BCUT2D eigenvalue weighted by atomic mass is 10.2. The molecule has 0 radical (unpaired) electrons. The lowest BCUT2D eigenvalue weighted by Crippen LogP contribution is -2.38. The molecule has 0 bridgehead atoms. The Kier molecular flexibility index (Phi) is 4.66. The number of amides is 1. The first kappa shape index (κ1) is 16.6. The maximum atomic E-state index is 12.8. The Morgan fingerprint density at radius 3 is 2.92 bits per heavy atom. The molecule has 124 valence electrons. The van der Waals surface area contributed by atoms with Gasteiger partial charge in [0.05, 0.1) is 12.3 Å². The molecule has 1 atom stereocenters. The first-order chi connectivity index (χ1) is 11.5. The standard InChI is InChI=1S/C16H14ClN3O3S/c1-9(7-21)19-14(22)11-6-18-16-20(15(11)23)13(8-24-16)10-4-2-3-5-12(10)17/h2-6,8-9,21H,7H2,1H3,(H,19,22). The van der Waals surface area contributed by atoms with E-state index in [2.05, 4.69) is 10.3 Å². The molecule has 3 aromatic rings. The molecule has 0 saturated heterocycles. The Labute approximate surface area is 146 Å². The molecule has 2 aromatic heterocycles. The van der Waals surface area contributed by atoms with Crippen molar-refractivity contribution in [2.75, 3.05) is 6.61 Å². The predicted molar refractivity (Wildman–Crippen MR) is 93.8 cm³/mol. The molecule has 0 aliphatic rings. The second-order valence-electron chi connectivity index (χ2n) is 5.25. The summed E-state index contributed by atoms with van der Waals surface area (Å²) in [6, 6.07) is 6.71. The number of hydrogen-bond acceptors (Lipinski definition) is 5. The van der Waals surface area contributed by atoms with Crippen LogP contribution in [0.4, 0.5) is 0 Å². The van der Waals surface area contributed by atoms with Gasteiger partial charge in [0.2, 0.25) is 0 Å². The van der Waals surface area contributed by atoms with Crippen LogP contribution in [-0.2, 0) is 0 Å². The van der Waals surface area contributed by atoms with Gasteiger partial charge in [-0.25, -0.2) is 4.98 Å². The summed E-state index contributed by atoms with van der Waals surface area (Å²) in [5.74, 6) is -0.570. The van der Waals surface area contributed by atoms with Crippen LogP contribution in [0.15, 0.2) is 40.6 Å². The third-order valence-corrected chi connectivity index (χ3v) is 4.66. The Hall–Kier alpha value is -2.22. The number of aliphatic hydroxyl groups is 1. The van der Waals surface area contributed by atoms with Crippen LogP contribution in [0.5, 0.6) is 0 Å². The molecule has 0 saturated carbocycles. The van der Waals surface area contributed by atoms with Crippen LogP contribution >= 0.6 is 22.9 Å². The number of halogens is 1. The number of benzene rings is 1. The number of nitrogens with one attached hydrogen (secondary N) is 1. The molecule has 24 heavy (non-hydrogen) atoms. The summed E-state index contributed by atoms with van der Waals surface area (Å²) in [5.41, 5.74) is 0.719. The first-order valence-electron chi connectivity index (χ1n) is 7.18. The monoisotopic (exact) mass is 363 g/mol. The zero-order valence-electron chi connectivity index (χ0n) is 12.7. The fraction of sp³-hybridized carbons (Fsp3) is 0.188. The lowest BCUT2D eigenvalue weighted by molar-refractivity contribution is 0.0920. The molecule has 0 spiro atoms. The highest BCUT2D eigenvalue weighted by atomic mass is 35.5. The number of nitrogens with zero attached hydrogens (tertiary/aromatic N) is 2. The Morgan fingerprint density at radius 1 is 1.46 bits per heavy atom. The van der Waals surface area contributed by atoms with Crippen molar-refractivity contribution in [2.24, 2.45) is 0 Å². The van der Waals surface area contributed by atoms with Gasteiger partial charge in [0.1, 0.15) is 5.56 Å². The van der Waals surface area contributed by atoms with E-state index in [-0.39, 0.29) is 12.2 Å². The first-order valence-corrected chi connectivity index (χ1v) is 8.44. The lowest BCUT2D eigenvalue weighted by Gasteiger charge is -2.10. The van der Waals surface area contributed by atoms with Crippen LogP contribution in [0.1, 0.15) is 17.3 Å². The van der Waals surface area contributed by atoms with Gasteiger partial charge in [0, 0.05) is 28.2 Å². The number of carbonyl (C=O) groups excluding carboxylic acids is 1. The van der Waals surface area contributed by atoms with Crippen molar-refractivity contribution in [3.63, 3.8) is 0 Å². The third kappa shape index (κ3) is 2.93. The van der Waals surface area contributed by atoms with Crippen molar-refractivity contribution in [2.45, 2.75) is 13.0 Å². The van der Waals surface area contributed by atoms with E-state index in [1.54, 1.807) is 30.5 Å². The van der Waals surface area contributed by atoms with Gasteiger partial charge in [-0.05, 0) is 13.0 Å². The quantitative estimate of drug-likeness (QED) is 0.744. The van der Waals surface area contributed by atoms with Gasteiger partial charge in [-0.2, -0.15) is 0 Å². The fourth-order valence-electron chi connectivity index (χ4n) is 2.25. The van der Waals surface area contributed by atoms with Crippen LogP contribution in [0, 0.1) is 0 Å². The van der Waals surface area contributed by atoms with E-state index in [9.17, 15) is 9.59 Å². The van der Waals surface area contributed by atoms with Crippen molar-refractivity contribution in [3.8, 4) is 11.3 Å². The fourth-order valence-corrected chi connectivity index (χ4v) is 3.33. The van der Waals surface area contributed by atoms with Crippen LogP contribution < -0.4 is 10.9 Å². The van der Waals surface area contributed by atoms with Crippen LogP contribution in [-0.4, -0.2) is 33.0 Å². The van der Waals surface area contributed by atoms with Crippen molar-refractivity contribution in [1.29, 1.82) is 0 Å². The Morgan fingerprint density at radius 2 is 2.21 bits per heavy atom. The second kappa shape index (κ2) is 6.72. The number of rotatable bonds is 4. The molecule has 0 fully saturated rings. The normalized spacial score (nSPS) is 12.3. The minimum Gasteiger partial charge on any atom is -0.394 e. The maximum absolute atomic E-state index is 12.8. The van der Waals surface area contributed by atoms with Crippen LogP contribution in [0.25, 0.3) is 16.2 Å². The summed E-state index contributed by atoms with van der Waals surface area (Å²) in [6.45, 7) is 1.42. The SMILES string of the molecule is CC(CO)NC(=O)c1cnc2scc(-c3ccccc3Cl)n2c1=O. The highest BCUT2D eigenvalue weighted by molar-refractivity contribution is 7.15. The number of carbonyl (C=O) groups is 1. The smallest absolute Gasteiger partial charge is 0.271 e. The van der Waals surface area contributed by atoms with Gasteiger partial charge in [-0.1, -0.05) is 29.8 Å². The van der Waals surface area contributed by atoms with Crippen LogP contribution in [0.2, 0.25) is 5.02 Å². The maximum Gasteiger partial charge on any atom is 0.271 e.